The molecule has 1 saturated heterocycles. The summed E-state index contributed by atoms with van der Waals surface area (Å²) in [5.41, 5.74) is 2.94. The number of carboxylic acid groups (broad SMARTS) is 1. The van der Waals surface area contributed by atoms with Crippen LogP contribution >= 0.6 is 0 Å². The second-order valence-electron chi connectivity index (χ2n) is 8.30. The zero-order chi connectivity index (χ0) is 23.4. The van der Waals surface area contributed by atoms with Crippen LogP contribution in [0.5, 0.6) is 0 Å². The smallest absolute Gasteiger partial charge is 0.407 e. The third-order valence-electron chi connectivity index (χ3n) is 6.06. The van der Waals surface area contributed by atoms with Crippen LogP contribution in [0.3, 0.4) is 0 Å². The number of hydrogen-bond acceptors (Lipinski definition) is 6. The molecule has 9 heteroatoms. The van der Waals surface area contributed by atoms with E-state index in [1.165, 1.54) is 0 Å². The first-order valence-electron chi connectivity index (χ1n) is 10.8. The summed E-state index contributed by atoms with van der Waals surface area (Å²) in [6, 6.07) is 16.0. The molecule has 0 radical (unpaired) electrons. The second-order valence-corrected chi connectivity index (χ2v) is 8.30. The number of carboxylic acids is 1. The van der Waals surface area contributed by atoms with E-state index < -0.39 is 29.6 Å². The number of benzene rings is 2. The zero-order valence-corrected chi connectivity index (χ0v) is 18.0. The number of aliphatic carboxylic acids is 1. The van der Waals surface area contributed by atoms with Crippen molar-refractivity contribution in [2.45, 2.75) is 30.4 Å². The van der Waals surface area contributed by atoms with Crippen molar-refractivity contribution in [3.05, 3.63) is 59.7 Å². The Balaban J connectivity index is 1.25. The molecule has 9 nitrogen and oxygen atoms in total. The number of carbonyl (C=O) groups is 3. The minimum Gasteiger partial charge on any atom is -0.479 e. The van der Waals surface area contributed by atoms with Gasteiger partial charge in [-0.15, -0.1) is 0 Å². The van der Waals surface area contributed by atoms with Crippen molar-refractivity contribution in [3.8, 4) is 11.1 Å². The Labute approximate surface area is 190 Å². The maximum absolute atomic E-state index is 12.2. The van der Waals surface area contributed by atoms with Gasteiger partial charge in [0.1, 0.15) is 6.61 Å². The van der Waals surface area contributed by atoms with Crippen LogP contribution in [0.4, 0.5) is 4.79 Å². The molecule has 1 heterocycles. The van der Waals surface area contributed by atoms with Gasteiger partial charge in [0.25, 0.3) is 0 Å². The van der Waals surface area contributed by atoms with Gasteiger partial charge in [-0.25, -0.2) is 9.59 Å². The van der Waals surface area contributed by atoms with Gasteiger partial charge in [0, 0.05) is 25.5 Å². The lowest BCUT2D eigenvalue weighted by molar-refractivity contribution is -0.148. The molecule has 0 bridgehead atoms. The lowest BCUT2D eigenvalue weighted by atomic mass is 9.98. The van der Waals surface area contributed by atoms with Crippen molar-refractivity contribution in [1.82, 2.24) is 10.6 Å². The quantitative estimate of drug-likeness (QED) is 0.476. The predicted octanol–water partition coefficient (Wildman–Crippen LogP) is 1.64. The largest absolute Gasteiger partial charge is 0.479 e. The normalized spacial score (nSPS) is 19.9. The molecule has 2 aromatic carbocycles. The second kappa shape index (κ2) is 9.60. The van der Waals surface area contributed by atoms with E-state index in [0.717, 1.165) is 22.3 Å². The van der Waals surface area contributed by atoms with Gasteiger partial charge in [-0.3, -0.25) is 4.79 Å². The Morgan fingerprint density at radius 2 is 1.73 bits per heavy atom. The molecular formula is C24H26N2O7. The summed E-state index contributed by atoms with van der Waals surface area (Å²) in [6.45, 7) is 0.0406. The average Bonchev–Trinajstić information content (AvgIpc) is 3.40. The Morgan fingerprint density at radius 3 is 2.30 bits per heavy atom. The number of carbonyl (C=O) groups excluding carboxylic acids is 2. The maximum atomic E-state index is 12.2. The number of rotatable bonds is 8. The van der Waals surface area contributed by atoms with Crippen molar-refractivity contribution in [1.29, 1.82) is 0 Å². The van der Waals surface area contributed by atoms with Crippen molar-refractivity contribution in [2.24, 2.45) is 0 Å². The molecule has 33 heavy (non-hydrogen) atoms. The highest BCUT2D eigenvalue weighted by Gasteiger charge is 2.44. The first-order chi connectivity index (χ1) is 15.9. The molecule has 2 atom stereocenters. The summed E-state index contributed by atoms with van der Waals surface area (Å²) in [5, 5.41) is 24.3. The molecule has 0 saturated carbocycles. The van der Waals surface area contributed by atoms with E-state index in [0.29, 0.717) is 0 Å². The third-order valence-corrected chi connectivity index (χ3v) is 6.06. The summed E-state index contributed by atoms with van der Waals surface area (Å²) >= 11 is 0. The highest BCUT2D eigenvalue weighted by molar-refractivity contribution is 5.87. The number of fused-ring (bicyclic) bond motifs is 3. The number of nitrogens with one attached hydrogen (secondary N) is 2. The SMILES string of the molecule is O=C(CC(O)CNC(=O)OCC1c2ccccc2-c2ccccc21)NC1(C(=O)O)CCOC1. The molecule has 2 aromatic rings. The fraction of sp³-hybridized carbons (Fsp3) is 0.375. The van der Waals surface area contributed by atoms with Crippen LogP contribution in [0.15, 0.2) is 48.5 Å². The van der Waals surface area contributed by atoms with Crippen molar-refractivity contribution < 1.29 is 34.1 Å². The molecule has 4 rings (SSSR count). The van der Waals surface area contributed by atoms with Crippen molar-refractivity contribution >= 4 is 18.0 Å². The summed E-state index contributed by atoms with van der Waals surface area (Å²) < 4.78 is 10.5. The number of amides is 2. The van der Waals surface area contributed by atoms with E-state index in [1.54, 1.807) is 0 Å². The van der Waals surface area contributed by atoms with Crippen molar-refractivity contribution in [2.75, 3.05) is 26.4 Å². The van der Waals surface area contributed by atoms with Crippen LogP contribution in [-0.4, -0.2) is 66.2 Å². The minimum atomic E-state index is -1.48. The lowest BCUT2D eigenvalue weighted by Crippen LogP contribution is -2.55. The fourth-order valence-electron chi connectivity index (χ4n) is 4.34. The number of aliphatic hydroxyl groups excluding tert-OH is 1. The molecule has 0 spiro atoms. The first-order valence-corrected chi connectivity index (χ1v) is 10.8. The van der Waals surface area contributed by atoms with Crippen molar-refractivity contribution in [3.63, 3.8) is 0 Å². The van der Waals surface area contributed by atoms with Gasteiger partial charge >= 0.3 is 12.1 Å². The number of alkyl carbamates (subject to hydrolysis) is 1. The Bertz CT molecular complexity index is 1000. The van der Waals surface area contributed by atoms with Crippen LogP contribution in [0.1, 0.15) is 29.9 Å². The Hall–Kier alpha value is -3.43. The molecule has 2 unspecified atom stereocenters. The molecular weight excluding hydrogens is 428 g/mol. The predicted molar refractivity (Wildman–Crippen MR) is 118 cm³/mol. The van der Waals surface area contributed by atoms with Crippen LogP contribution in [0.2, 0.25) is 0 Å². The summed E-state index contributed by atoms with van der Waals surface area (Å²) in [6.07, 6.45) is -2.11. The van der Waals surface area contributed by atoms with E-state index in [9.17, 15) is 24.6 Å². The molecule has 4 N–H and O–H groups in total. The highest BCUT2D eigenvalue weighted by atomic mass is 16.5. The summed E-state index contributed by atoms with van der Waals surface area (Å²) in [4.78, 5) is 35.8. The summed E-state index contributed by atoms with van der Waals surface area (Å²) in [7, 11) is 0. The molecule has 2 aliphatic rings. The Kier molecular flexibility index (Phi) is 6.62. The Morgan fingerprint density at radius 1 is 1.09 bits per heavy atom. The molecule has 1 fully saturated rings. The van der Waals surface area contributed by atoms with Gasteiger partial charge in [0.05, 0.1) is 19.1 Å². The van der Waals surface area contributed by atoms with Crippen LogP contribution in [-0.2, 0) is 19.1 Å². The fourth-order valence-corrected chi connectivity index (χ4v) is 4.34. The lowest BCUT2D eigenvalue weighted by Gasteiger charge is -2.24. The topological polar surface area (TPSA) is 134 Å². The monoisotopic (exact) mass is 454 g/mol. The standard InChI is InChI=1S/C24H26N2O7/c27-15(11-21(28)26-24(22(29)30)9-10-32-14-24)12-25-23(31)33-13-20-18-7-3-1-5-16(18)17-6-2-4-8-19(17)20/h1-8,15,20,27H,9-14H2,(H,25,31)(H,26,28)(H,29,30). The maximum Gasteiger partial charge on any atom is 0.407 e. The van der Waals surface area contributed by atoms with Crippen LogP contribution < -0.4 is 10.6 Å². The van der Waals surface area contributed by atoms with Gasteiger partial charge < -0.3 is 30.3 Å². The van der Waals surface area contributed by atoms with Gasteiger partial charge in [0.2, 0.25) is 5.91 Å². The van der Waals surface area contributed by atoms with E-state index in [1.807, 2.05) is 48.5 Å². The van der Waals surface area contributed by atoms with Gasteiger partial charge in [0.15, 0.2) is 5.54 Å². The molecule has 1 aliphatic carbocycles. The number of ether oxygens (including phenoxy) is 2. The molecule has 0 aromatic heterocycles. The van der Waals surface area contributed by atoms with E-state index in [4.69, 9.17) is 9.47 Å². The molecule has 1 aliphatic heterocycles. The molecule has 2 amide bonds. The minimum absolute atomic E-state index is 0.0836. The van der Waals surface area contributed by atoms with Crippen LogP contribution in [0, 0.1) is 0 Å². The number of hydrogen-bond donors (Lipinski definition) is 4. The zero-order valence-electron chi connectivity index (χ0n) is 18.0. The highest BCUT2D eigenvalue weighted by Crippen LogP contribution is 2.44. The first kappa shape index (κ1) is 22.8. The average molecular weight is 454 g/mol. The van der Waals surface area contributed by atoms with E-state index >= 15 is 0 Å². The third kappa shape index (κ3) is 4.84. The van der Waals surface area contributed by atoms with Gasteiger partial charge in [-0.2, -0.15) is 0 Å². The van der Waals surface area contributed by atoms with Gasteiger partial charge in [-0.05, 0) is 22.3 Å². The summed E-state index contributed by atoms with van der Waals surface area (Å²) in [5.74, 6) is -1.90. The van der Waals surface area contributed by atoms with E-state index in [2.05, 4.69) is 10.6 Å². The van der Waals surface area contributed by atoms with Crippen LogP contribution in [0.25, 0.3) is 11.1 Å². The van der Waals surface area contributed by atoms with Gasteiger partial charge in [-0.1, -0.05) is 48.5 Å². The molecule has 174 valence electrons. The van der Waals surface area contributed by atoms with E-state index in [-0.39, 0.29) is 45.1 Å². The number of aliphatic hydroxyl groups is 1.